The number of nitrogens with zero attached hydrogens (tertiary/aromatic N) is 4. The molecule has 2 aromatic heterocycles. The number of carbonyl (C=O) groups excluding carboxylic acids is 1. The van der Waals surface area contributed by atoms with E-state index in [0.717, 1.165) is 11.3 Å². The Morgan fingerprint density at radius 3 is 2.76 bits per heavy atom. The maximum absolute atomic E-state index is 12.5. The van der Waals surface area contributed by atoms with E-state index in [9.17, 15) is 4.79 Å². The summed E-state index contributed by atoms with van der Waals surface area (Å²) in [6.07, 6.45) is -0.361. The third-order valence-electron chi connectivity index (χ3n) is 5.26. The smallest absolute Gasteiger partial charge is 0.236 e. The summed E-state index contributed by atoms with van der Waals surface area (Å²) >= 11 is 8.89. The number of thioether (sulfide) groups is 1. The lowest BCUT2D eigenvalue weighted by atomic mass is 10.1. The number of carbonyl (C=O) groups is 1. The molecular formula is C24H24ClN5O2S2. The van der Waals surface area contributed by atoms with Gasteiger partial charge in [-0.05, 0) is 50.1 Å². The lowest BCUT2D eigenvalue weighted by Gasteiger charge is -2.15. The molecule has 0 aliphatic carbocycles. The van der Waals surface area contributed by atoms with E-state index in [1.54, 1.807) is 12.1 Å². The summed E-state index contributed by atoms with van der Waals surface area (Å²) in [6.45, 7) is 6.03. The van der Waals surface area contributed by atoms with Gasteiger partial charge in [-0.1, -0.05) is 47.6 Å². The number of rotatable bonds is 8. The van der Waals surface area contributed by atoms with Crippen molar-refractivity contribution in [2.45, 2.75) is 32.0 Å². The van der Waals surface area contributed by atoms with Crippen LogP contribution in [0.4, 0.5) is 5.13 Å². The second-order valence-corrected chi connectivity index (χ2v) is 9.97. The van der Waals surface area contributed by atoms with Crippen molar-refractivity contribution in [3.63, 3.8) is 0 Å². The first-order valence-corrected chi connectivity index (χ1v) is 12.8. The maximum Gasteiger partial charge on any atom is 0.236 e. The molecule has 1 unspecified atom stereocenters. The first-order valence-electron chi connectivity index (χ1n) is 10.6. The van der Waals surface area contributed by atoms with Gasteiger partial charge in [0.25, 0.3) is 0 Å². The lowest BCUT2D eigenvalue weighted by molar-refractivity contribution is -0.113. The molecule has 7 nitrogen and oxygen atoms in total. The number of nitrogens with one attached hydrogen (secondary N) is 1. The van der Waals surface area contributed by atoms with Crippen LogP contribution in [0.25, 0.3) is 11.3 Å². The van der Waals surface area contributed by atoms with Crippen LogP contribution < -0.4 is 10.1 Å². The van der Waals surface area contributed by atoms with Crippen LogP contribution in [0.1, 0.15) is 30.0 Å². The van der Waals surface area contributed by atoms with Gasteiger partial charge >= 0.3 is 0 Å². The van der Waals surface area contributed by atoms with Crippen molar-refractivity contribution >= 4 is 45.7 Å². The van der Waals surface area contributed by atoms with Gasteiger partial charge in [0, 0.05) is 18.0 Å². The molecule has 0 aliphatic rings. The highest BCUT2D eigenvalue weighted by Crippen LogP contribution is 2.29. The number of ether oxygens (including phenoxy) is 1. The number of thiazole rings is 1. The molecule has 34 heavy (non-hydrogen) atoms. The van der Waals surface area contributed by atoms with Crippen LogP contribution in [-0.4, -0.2) is 31.4 Å². The van der Waals surface area contributed by atoms with Crippen molar-refractivity contribution in [2.75, 3.05) is 11.1 Å². The van der Waals surface area contributed by atoms with Crippen LogP contribution in [-0.2, 0) is 11.8 Å². The Morgan fingerprint density at radius 2 is 2.00 bits per heavy atom. The zero-order chi connectivity index (χ0) is 24.2. The number of halogens is 1. The minimum Gasteiger partial charge on any atom is -0.481 e. The molecule has 0 bridgehead atoms. The second kappa shape index (κ2) is 10.6. The Labute approximate surface area is 211 Å². The highest BCUT2D eigenvalue weighted by molar-refractivity contribution is 7.99. The summed E-state index contributed by atoms with van der Waals surface area (Å²) in [6, 6.07) is 13.5. The van der Waals surface area contributed by atoms with Crippen LogP contribution in [0, 0.1) is 13.8 Å². The molecule has 0 aliphatic heterocycles. The quantitative estimate of drug-likeness (QED) is 0.287. The van der Waals surface area contributed by atoms with E-state index in [1.165, 1.54) is 34.2 Å². The first-order chi connectivity index (χ1) is 16.3. The van der Waals surface area contributed by atoms with Crippen molar-refractivity contribution in [2.24, 2.45) is 7.05 Å². The van der Waals surface area contributed by atoms with E-state index in [0.29, 0.717) is 26.9 Å². The van der Waals surface area contributed by atoms with Gasteiger partial charge in [0.2, 0.25) is 5.91 Å². The Kier molecular flexibility index (Phi) is 7.55. The van der Waals surface area contributed by atoms with Crippen molar-refractivity contribution in [1.29, 1.82) is 0 Å². The fourth-order valence-corrected chi connectivity index (χ4v) is 4.87. The molecular weight excluding hydrogens is 490 g/mol. The van der Waals surface area contributed by atoms with Crippen LogP contribution in [0.5, 0.6) is 5.75 Å². The molecule has 4 aromatic rings. The van der Waals surface area contributed by atoms with Crippen LogP contribution in [0.3, 0.4) is 0 Å². The predicted molar refractivity (Wildman–Crippen MR) is 138 cm³/mol. The minimum atomic E-state index is -0.361. The number of anilines is 1. The second-order valence-electron chi connectivity index (χ2n) is 7.76. The van der Waals surface area contributed by atoms with Crippen LogP contribution in [0.2, 0.25) is 5.02 Å². The number of hydrogen-bond acceptors (Lipinski definition) is 7. The van der Waals surface area contributed by atoms with Gasteiger partial charge in [-0.15, -0.1) is 21.5 Å². The monoisotopic (exact) mass is 513 g/mol. The van der Waals surface area contributed by atoms with Crippen LogP contribution in [0.15, 0.2) is 53.0 Å². The summed E-state index contributed by atoms with van der Waals surface area (Å²) in [4.78, 5) is 17.1. The maximum atomic E-state index is 12.5. The Balaban J connectivity index is 1.34. The topological polar surface area (TPSA) is 81.9 Å². The number of para-hydroxylation sites is 1. The number of aryl methyl sites for hydroxylation is 2. The van der Waals surface area contributed by atoms with E-state index in [4.69, 9.17) is 16.3 Å². The molecule has 4 rings (SSSR count). The molecule has 0 spiro atoms. The van der Waals surface area contributed by atoms with Gasteiger partial charge in [-0.25, -0.2) is 4.98 Å². The Bertz CT molecular complexity index is 1320. The third kappa shape index (κ3) is 5.60. The van der Waals surface area contributed by atoms with E-state index in [2.05, 4.69) is 46.5 Å². The lowest BCUT2D eigenvalue weighted by Crippen LogP contribution is -2.14. The van der Waals surface area contributed by atoms with Gasteiger partial charge in [0.05, 0.1) is 16.5 Å². The largest absolute Gasteiger partial charge is 0.481 e. The number of aromatic nitrogens is 4. The van der Waals surface area contributed by atoms with Gasteiger partial charge < -0.3 is 14.6 Å². The highest BCUT2D eigenvalue weighted by Gasteiger charge is 2.19. The normalized spacial score (nSPS) is 11.9. The third-order valence-corrected chi connectivity index (χ3v) is 7.35. The summed E-state index contributed by atoms with van der Waals surface area (Å²) < 4.78 is 7.75. The number of amides is 1. The molecule has 2 heterocycles. The highest BCUT2D eigenvalue weighted by atomic mass is 35.5. The van der Waals surface area contributed by atoms with Crippen LogP contribution >= 0.6 is 34.7 Å². The first kappa shape index (κ1) is 24.3. The summed E-state index contributed by atoms with van der Waals surface area (Å²) in [7, 11) is 1.85. The summed E-state index contributed by atoms with van der Waals surface area (Å²) in [5, 5.41) is 15.0. The molecule has 176 valence electrons. The predicted octanol–water partition coefficient (Wildman–Crippen LogP) is 6.08. The molecule has 0 saturated heterocycles. The molecule has 0 saturated carbocycles. The zero-order valence-corrected chi connectivity index (χ0v) is 21.6. The van der Waals surface area contributed by atoms with Gasteiger partial charge in [-0.2, -0.15) is 0 Å². The van der Waals surface area contributed by atoms with Crippen molar-refractivity contribution in [1.82, 2.24) is 19.7 Å². The average Bonchev–Trinajstić information content (AvgIpc) is 3.42. The fraction of sp³-hybridized carbons (Fsp3) is 0.250. The average molecular weight is 514 g/mol. The Hall–Kier alpha value is -2.88. The standard InChI is InChI=1S/C24H24ClN5O2S2/c1-14-9-10-17(11-15(14)2)19-12-33-23(26-19)27-21(31)13-34-24-29-28-22(30(24)4)16(3)32-20-8-6-5-7-18(20)25/h5-12,16H,13H2,1-4H3,(H,26,27,31). The molecule has 10 heteroatoms. The van der Waals surface area contributed by atoms with Gasteiger partial charge in [0.1, 0.15) is 5.75 Å². The van der Waals surface area contributed by atoms with Crippen molar-refractivity contribution < 1.29 is 9.53 Å². The van der Waals surface area contributed by atoms with E-state index >= 15 is 0 Å². The van der Waals surface area contributed by atoms with E-state index < -0.39 is 0 Å². The van der Waals surface area contributed by atoms with E-state index in [1.807, 2.05) is 42.1 Å². The fourth-order valence-electron chi connectivity index (χ4n) is 3.24. The summed E-state index contributed by atoms with van der Waals surface area (Å²) in [5.41, 5.74) is 4.33. The van der Waals surface area contributed by atoms with Gasteiger partial charge in [-0.3, -0.25) is 4.79 Å². The van der Waals surface area contributed by atoms with Crippen molar-refractivity contribution in [3.05, 3.63) is 69.8 Å². The summed E-state index contributed by atoms with van der Waals surface area (Å²) in [5.74, 6) is 1.25. The number of hydrogen-bond donors (Lipinski definition) is 1. The molecule has 1 amide bonds. The molecule has 0 fully saturated rings. The molecule has 1 N–H and O–H groups in total. The van der Waals surface area contributed by atoms with Gasteiger partial charge in [0.15, 0.2) is 22.2 Å². The SMILES string of the molecule is Cc1ccc(-c2csc(NC(=O)CSc3nnc(C(C)Oc4ccccc4Cl)n3C)n2)cc1C. The molecule has 1 atom stereocenters. The van der Waals surface area contributed by atoms with Crippen molar-refractivity contribution in [3.8, 4) is 17.0 Å². The molecule has 2 aromatic carbocycles. The molecule has 0 radical (unpaired) electrons. The zero-order valence-electron chi connectivity index (χ0n) is 19.2. The van der Waals surface area contributed by atoms with E-state index in [-0.39, 0.29) is 17.8 Å². The Morgan fingerprint density at radius 1 is 1.21 bits per heavy atom. The number of benzene rings is 2. The minimum absolute atomic E-state index is 0.157.